The summed E-state index contributed by atoms with van der Waals surface area (Å²) in [5.74, 6) is 0.970. The lowest BCUT2D eigenvalue weighted by Crippen LogP contribution is -2.05. The standard InChI is InChI=1S/C25H20BrNO4/c1-3-30-23-20(26)13-16(15-22(23)29-2)14-21-25(28)31-24(27-21)19-11-9-18(10-12-19)17-7-5-4-6-8-17/h4-15H,3H2,1-2H3/b21-14-. The molecule has 1 aliphatic rings. The van der Waals surface area contributed by atoms with Gasteiger partial charge in [0.1, 0.15) is 0 Å². The van der Waals surface area contributed by atoms with Crippen LogP contribution in [0.2, 0.25) is 0 Å². The predicted molar refractivity (Wildman–Crippen MR) is 124 cm³/mol. The van der Waals surface area contributed by atoms with Crippen LogP contribution in [0.25, 0.3) is 17.2 Å². The number of benzene rings is 3. The minimum atomic E-state index is -0.494. The molecule has 0 aromatic heterocycles. The van der Waals surface area contributed by atoms with Gasteiger partial charge < -0.3 is 14.2 Å². The van der Waals surface area contributed by atoms with Gasteiger partial charge in [-0.15, -0.1) is 0 Å². The molecule has 1 aliphatic heterocycles. The van der Waals surface area contributed by atoms with Gasteiger partial charge >= 0.3 is 5.97 Å². The molecule has 31 heavy (non-hydrogen) atoms. The van der Waals surface area contributed by atoms with Crippen LogP contribution in [-0.2, 0) is 9.53 Å². The summed E-state index contributed by atoms with van der Waals surface area (Å²) in [7, 11) is 1.57. The molecule has 3 aromatic rings. The van der Waals surface area contributed by atoms with Crippen molar-refractivity contribution >= 4 is 33.9 Å². The van der Waals surface area contributed by atoms with Gasteiger partial charge in [0.2, 0.25) is 5.90 Å². The Kier molecular flexibility index (Phi) is 6.18. The number of halogens is 1. The van der Waals surface area contributed by atoms with Gasteiger partial charge in [0.25, 0.3) is 0 Å². The molecule has 0 unspecified atom stereocenters. The van der Waals surface area contributed by atoms with Crippen molar-refractivity contribution in [1.82, 2.24) is 0 Å². The maximum Gasteiger partial charge on any atom is 0.363 e. The Morgan fingerprint density at radius 2 is 1.68 bits per heavy atom. The van der Waals surface area contributed by atoms with Crippen molar-refractivity contribution in [3.05, 3.63) is 88.0 Å². The monoisotopic (exact) mass is 477 g/mol. The summed E-state index contributed by atoms with van der Waals surface area (Å²) in [6, 6.07) is 21.5. The highest BCUT2D eigenvalue weighted by Gasteiger charge is 2.24. The Balaban J connectivity index is 1.61. The van der Waals surface area contributed by atoms with Crippen molar-refractivity contribution < 1.29 is 19.0 Å². The molecule has 0 atom stereocenters. The van der Waals surface area contributed by atoms with Gasteiger partial charge in [-0.2, -0.15) is 0 Å². The fourth-order valence-corrected chi connectivity index (χ4v) is 3.81. The van der Waals surface area contributed by atoms with Gasteiger partial charge in [0.05, 0.1) is 18.2 Å². The van der Waals surface area contributed by atoms with Crippen LogP contribution >= 0.6 is 15.9 Å². The average molecular weight is 478 g/mol. The maximum absolute atomic E-state index is 12.4. The molecule has 156 valence electrons. The van der Waals surface area contributed by atoms with Crippen LogP contribution < -0.4 is 9.47 Å². The summed E-state index contributed by atoms with van der Waals surface area (Å²) in [4.78, 5) is 16.8. The number of carbonyl (C=O) groups is 1. The molecule has 5 nitrogen and oxygen atoms in total. The molecule has 1 heterocycles. The third-order valence-corrected chi connectivity index (χ3v) is 5.29. The third-order valence-electron chi connectivity index (χ3n) is 4.70. The Labute approximate surface area is 189 Å². The van der Waals surface area contributed by atoms with E-state index in [4.69, 9.17) is 14.2 Å². The first-order valence-corrected chi connectivity index (χ1v) is 10.6. The van der Waals surface area contributed by atoms with Crippen LogP contribution in [-0.4, -0.2) is 25.6 Å². The number of hydrogen-bond acceptors (Lipinski definition) is 5. The van der Waals surface area contributed by atoms with E-state index < -0.39 is 5.97 Å². The first-order chi connectivity index (χ1) is 15.1. The van der Waals surface area contributed by atoms with E-state index in [1.54, 1.807) is 19.3 Å². The van der Waals surface area contributed by atoms with E-state index in [-0.39, 0.29) is 11.6 Å². The summed E-state index contributed by atoms with van der Waals surface area (Å²) < 4.78 is 17.2. The van der Waals surface area contributed by atoms with E-state index in [1.165, 1.54) is 0 Å². The number of rotatable bonds is 6. The molecule has 0 spiro atoms. The van der Waals surface area contributed by atoms with E-state index in [0.717, 1.165) is 26.7 Å². The highest BCUT2D eigenvalue weighted by atomic mass is 79.9. The largest absolute Gasteiger partial charge is 0.493 e. The van der Waals surface area contributed by atoms with Crippen LogP contribution in [0.5, 0.6) is 11.5 Å². The molecule has 0 bridgehead atoms. The molecule has 0 fully saturated rings. The first kappa shape index (κ1) is 20.9. The predicted octanol–water partition coefficient (Wildman–Crippen LogP) is 5.87. The Hall–Kier alpha value is -3.38. The number of hydrogen-bond donors (Lipinski definition) is 0. The summed E-state index contributed by atoms with van der Waals surface area (Å²) in [6.45, 7) is 2.41. The normalized spacial score (nSPS) is 14.4. The quantitative estimate of drug-likeness (QED) is 0.329. The maximum atomic E-state index is 12.4. The summed E-state index contributed by atoms with van der Waals surface area (Å²) in [6.07, 6.45) is 1.66. The molecule has 0 radical (unpaired) electrons. The van der Waals surface area contributed by atoms with Crippen molar-refractivity contribution in [3.63, 3.8) is 0 Å². The van der Waals surface area contributed by atoms with Gasteiger partial charge in [0.15, 0.2) is 17.2 Å². The second kappa shape index (κ2) is 9.18. The van der Waals surface area contributed by atoms with Gasteiger partial charge in [-0.05, 0) is 69.9 Å². The summed E-state index contributed by atoms with van der Waals surface area (Å²) >= 11 is 3.49. The molecular weight excluding hydrogens is 458 g/mol. The lowest BCUT2D eigenvalue weighted by Gasteiger charge is -2.12. The molecule has 0 N–H and O–H groups in total. The van der Waals surface area contributed by atoms with E-state index in [9.17, 15) is 4.79 Å². The van der Waals surface area contributed by atoms with E-state index in [0.29, 0.717) is 18.1 Å². The van der Waals surface area contributed by atoms with Gasteiger partial charge in [-0.3, -0.25) is 0 Å². The number of carbonyl (C=O) groups excluding carboxylic acids is 1. The van der Waals surface area contributed by atoms with Gasteiger partial charge in [0, 0.05) is 5.56 Å². The van der Waals surface area contributed by atoms with Crippen molar-refractivity contribution in [2.75, 3.05) is 13.7 Å². The number of cyclic esters (lactones) is 1. The van der Waals surface area contributed by atoms with Crippen LogP contribution in [0, 0.1) is 0 Å². The van der Waals surface area contributed by atoms with Crippen molar-refractivity contribution in [2.45, 2.75) is 6.92 Å². The SMILES string of the molecule is CCOc1c(Br)cc(/C=C2\N=C(c3ccc(-c4ccccc4)cc3)OC2=O)cc1OC. The highest BCUT2D eigenvalue weighted by Crippen LogP contribution is 2.37. The highest BCUT2D eigenvalue weighted by molar-refractivity contribution is 9.10. The first-order valence-electron chi connectivity index (χ1n) is 9.77. The molecule has 0 saturated carbocycles. The Morgan fingerprint density at radius 1 is 1.00 bits per heavy atom. The summed E-state index contributed by atoms with van der Waals surface area (Å²) in [5.41, 5.74) is 3.90. The van der Waals surface area contributed by atoms with Crippen molar-refractivity contribution in [2.24, 2.45) is 4.99 Å². The fourth-order valence-electron chi connectivity index (χ4n) is 3.23. The minimum absolute atomic E-state index is 0.222. The number of esters is 1. The molecule has 0 saturated heterocycles. The third kappa shape index (κ3) is 4.54. The van der Waals surface area contributed by atoms with E-state index in [2.05, 4.69) is 20.9 Å². The minimum Gasteiger partial charge on any atom is -0.493 e. The van der Waals surface area contributed by atoms with E-state index in [1.807, 2.05) is 67.6 Å². The Bertz CT molecular complexity index is 1170. The number of aliphatic imine (C=N–C) groups is 1. The molecule has 3 aromatic carbocycles. The van der Waals surface area contributed by atoms with Crippen LogP contribution in [0.4, 0.5) is 0 Å². The topological polar surface area (TPSA) is 57.1 Å². The zero-order valence-corrected chi connectivity index (χ0v) is 18.7. The number of ether oxygens (including phenoxy) is 3. The van der Waals surface area contributed by atoms with Crippen LogP contribution in [0.15, 0.2) is 81.9 Å². The van der Waals surface area contributed by atoms with Crippen LogP contribution in [0.1, 0.15) is 18.1 Å². The molecule has 6 heteroatoms. The summed E-state index contributed by atoms with van der Waals surface area (Å²) in [5, 5.41) is 0. The van der Waals surface area contributed by atoms with E-state index >= 15 is 0 Å². The molecular formula is C25H20BrNO4. The smallest absolute Gasteiger partial charge is 0.363 e. The van der Waals surface area contributed by atoms with Gasteiger partial charge in [-0.25, -0.2) is 9.79 Å². The zero-order valence-electron chi connectivity index (χ0n) is 17.1. The van der Waals surface area contributed by atoms with Crippen molar-refractivity contribution in [1.29, 1.82) is 0 Å². The lowest BCUT2D eigenvalue weighted by atomic mass is 10.0. The zero-order chi connectivity index (χ0) is 21.8. The molecule has 0 amide bonds. The average Bonchev–Trinajstić information content (AvgIpc) is 3.16. The molecule has 0 aliphatic carbocycles. The second-order valence-corrected chi connectivity index (χ2v) is 7.60. The van der Waals surface area contributed by atoms with Gasteiger partial charge in [-0.1, -0.05) is 42.5 Å². The second-order valence-electron chi connectivity index (χ2n) is 6.75. The number of nitrogens with zero attached hydrogens (tertiary/aromatic N) is 1. The number of methoxy groups -OCH3 is 1. The fraction of sp³-hybridized carbons (Fsp3) is 0.120. The van der Waals surface area contributed by atoms with Crippen LogP contribution in [0.3, 0.4) is 0 Å². The molecule has 4 rings (SSSR count). The van der Waals surface area contributed by atoms with Crippen molar-refractivity contribution in [3.8, 4) is 22.6 Å². The Morgan fingerprint density at radius 3 is 2.35 bits per heavy atom. The lowest BCUT2D eigenvalue weighted by molar-refractivity contribution is -0.129.